The van der Waals surface area contributed by atoms with Crippen LogP contribution in [-0.4, -0.2) is 56.8 Å². The van der Waals surface area contributed by atoms with Gasteiger partial charge in [0.25, 0.3) is 0 Å². The zero-order valence-electron chi connectivity index (χ0n) is 19.3. The first-order chi connectivity index (χ1) is 16.6. The quantitative estimate of drug-likeness (QED) is 0.267. The van der Waals surface area contributed by atoms with Crippen LogP contribution in [0, 0.1) is 6.92 Å². The minimum atomic E-state index is 0.473. The Hall–Kier alpha value is -3.86. The van der Waals surface area contributed by atoms with E-state index in [4.69, 9.17) is 14.2 Å². The Labute approximate surface area is 201 Å². The molecule has 4 aromatic rings. The number of nitrogens with zero attached hydrogens (tertiary/aromatic N) is 6. The molecule has 3 heterocycles. The molecule has 11 heteroatoms. The highest BCUT2D eigenvalue weighted by Gasteiger charge is 2.23. The molecule has 0 atom stereocenters. The highest BCUT2D eigenvalue weighted by atomic mass is 32.2. The highest BCUT2D eigenvalue weighted by molar-refractivity contribution is 8.00. The molecule has 0 unspecified atom stereocenters. The van der Waals surface area contributed by atoms with Gasteiger partial charge in [-0.25, -0.2) is 15.0 Å². The summed E-state index contributed by atoms with van der Waals surface area (Å²) in [5, 5.41) is 8.81. The summed E-state index contributed by atoms with van der Waals surface area (Å²) in [6.45, 7) is 1.97. The van der Waals surface area contributed by atoms with Gasteiger partial charge in [0.1, 0.15) is 28.7 Å². The van der Waals surface area contributed by atoms with E-state index in [1.807, 2.05) is 54.2 Å². The third-order valence-corrected chi connectivity index (χ3v) is 5.61. The molecule has 4 rings (SSSR count). The monoisotopic (exact) mass is 479 g/mol. The van der Waals surface area contributed by atoms with Gasteiger partial charge in [-0.15, -0.1) is 10.2 Å². The van der Waals surface area contributed by atoms with E-state index in [0.29, 0.717) is 47.0 Å². The van der Waals surface area contributed by atoms with E-state index in [-0.39, 0.29) is 0 Å². The van der Waals surface area contributed by atoms with Gasteiger partial charge >= 0.3 is 0 Å². The summed E-state index contributed by atoms with van der Waals surface area (Å²) >= 11 is 1.48. The molecule has 3 aromatic heterocycles. The lowest BCUT2D eigenvalue weighted by Crippen LogP contribution is -2.08. The van der Waals surface area contributed by atoms with Crippen LogP contribution in [0.1, 0.15) is 11.4 Å². The molecule has 0 fully saturated rings. The standard InChI is InChI=1S/C23H25N7O3S/c1-15-13-24-19(25-14-15)11-12-34-29-23-28-27-22(16-7-5-10-20(26-16)33-4)30(23)21-17(31-2)8-6-9-18(21)32-3/h5-10,13-14H,11-12H2,1-4H3,(H,28,29). The van der Waals surface area contributed by atoms with Crippen LogP contribution in [0.2, 0.25) is 0 Å². The third-order valence-electron chi connectivity index (χ3n) is 4.88. The van der Waals surface area contributed by atoms with Crippen molar-refractivity contribution in [1.29, 1.82) is 0 Å². The number of benzene rings is 1. The van der Waals surface area contributed by atoms with Crippen LogP contribution in [0.4, 0.5) is 5.95 Å². The van der Waals surface area contributed by atoms with Crippen LogP contribution >= 0.6 is 11.9 Å². The van der Waals surface area contributed by atoms with Crippen LogP contribution < -0.4 is 18.9 Å². The predicted octanol–water partition coefficient (Wildman–Crippen LogP) is 3.76. The molecule has 0 aliphatic rings. The number of anilines is 1. The van der Waals surface area contributed by atoms with Crippen molar-refractivity contribution in [2.45, 2.75) is 13.3 Å². The van der Waals surface area contributed by atoms with E-state index in [2.05, 4.69) is 29.9 Å². The Kier molecular flexibility index (Phi) is 7.43. The van der Waals surface area contributed by atoms with Crippen LogP contribution in [0.3, 0.4) is 0 Å². The maximum Gasteiger partial charge on any atom is 0.239 e. The average Bonchev–Trinajstić information content (AvgIpc) is 3.30. The number of hydrogen-bond acceptors (Lipinski definition) is 10. The topological polar surface area (TPSA) is 109 Å². The van der Waals surface area contributed by atoms with Crippen LogP contribution in [-0.2, 0) is 6.42 Å². The molecule has 0 spiro atoms. The Morgan fingerprint density at radius 3 is 2.29 bits per heavy atom. The first-order valence-electron chi connectivity index (χ1n) is 10.5. The zero-order valence-corrected chi connectivity index (χ0v) is 20.2. The number of hydrogen-bond donors (Lipinski definition) is 1. The SMILES string of the molecule is COc1cccc(-c2nnc(NSCCc3ncc(C)cn3)n2-c2c(OC)cccc2OC)n1. The molecule has 0 radical (unpaired) electrons. The van der Waals surface area contributed by atoms with E-state index in [0.717, 1.165) is 17.1 Å². The molecular weight excluding hydrogens is 454 g/mol. The van der Waals surface area contributed by atoms with Gasteiger partial charge in [0.15, 0.2) is 5.82 Å². The van der Waals surface area contributed by atoms with E-state index < -0.39 is 0 Å². The number of methoxy groups -OCH3 is 3. The van der Waals surface area contributed by atoms with Gasteiger partial charge in [-0.1, -0.05) is 12.1 Å². The smallest absolute Gasteiger partial charge is 0.239 e. The van der Waals surface area contributed by atoms with Crippen molar-refractivity contribution >= 4 is 17.9 Å². The minimum absolute atomic E-state index is 0.473. The maximum atomic E-state index is 5.64. The number of aromatic nitrogens is 6. The first-order valence-corrected chi connectivity index (χ1v) is 11.5. The van der Waals surface area contributed by atoms with Crippen molar-refractivity contribution in [2.24, 2.45) is 0 Å². The van der Waals surface area contributed by atoms with E-state index in [1.54, 1.807) is 27.4 Å². The van der Waals surface area contributed by atoms with Crippen molar-refractivity contribution < 1.29 is 14.2 Å². The Bertz CT molecular complexity index is 1230. The van der Waals surface area contributed by atoms with Crippen molar-refractivity contribution in [3.63, 3.8) is 0 Å². The van der Waals surface area contributed by atoms with Gasteiger partial charge < -0.3 is 14.2 Å². The second-order valence-corrected chi connectivity index (χ2v) is 8.04. The van der Waals surface area contributed by atoms with Crippen molar-refractivity contribution in [3.8, 4) is 34.6 Å². The van der Waals surface area contributed by atoms with Gasteiger partial charge in [-0.3, -0.25) is 9.29 Å². The zero-order chi connectivity index (χ0) is 23.9. The summed E-state index contributed by atoms with van der Waals surface area (Å²) < 4.78 is 21.7. The largest absolute Gasteiger partial charge is 0.494 e. The summed E-state index contributed by atoms with van der Waals surface area (Å²) in [5.41, 5.74) is 2.28. The predicted molar refractivity (Wildman–Crippen MR) is 131 cm³/mol. The molecule has 34 heavy (non-hydrogen) atoms. The molecule has 176 valence electrons. The molecule has 0 aliphatic carbocycles. The van der Waals surface area contributed by atoms with Gasteiger partial charge in [-0.2, -0.15) is 0 Å². The van der Waals surface area contributed by atoms with E-state index in [9.17, 15) is 0 Å². The lowest BCUT2D eigenvalue weighted by atomic mass is 10.2. The average molecular weight is 480 g/mol. The highest BCUT2D eigenvalue weighted by Crippen LogP contribution is 2.37. The summed E-state index contributed by atoms with van der Waals surface area (Å²) in [6, 6.07) is 11.0. The second-order valence-electron chi connectivity index (χ2n) is 7.14. The molecule has 0 saturated carbocycles. The Morgan fingerprint density at radius 2 is 1.62 bits per heavy atom. The van der Waals surface area contributed by atoms with Crippen LogP contribution in [0.5, 0.6) is 17.4 Å². The normalized spacial score (nSPS) is 10.7. The number of nitrogens with one attached hydrogen (secondary N) is 1. The van der Waals surface area contributed by atoms with E-state index >= 15 is 0 Å². The van der Waals surface area contributed by atoms with Gasteiger partial charge in [0.05, 0.1) is 21.3 Å². The number of aryl methyl sites for hydroxylation is 2. The van der Waals surface area contributed by atoms with Crippen LogP contribution in [0.15, 0.2) is 48.8 Å². The second kappa shape index (κ2) is 10.8. The minimum Gasteiger partial charge on any atom is -0.494 e. The summed E-state index contributed by atoms with van der Waals surface area (Å²) in [4.78, 5) is 13.2. The van der Waals surface area contributed by atoms with Crippen molar-refractivity contribution in [3.05, 3.63) is 60.2 Å². The molecule has 1 N–H and O–H groups in total. The van der Waals surface area contributed by atoms with E-state index in [1.165, 1.54) is 11.9 Å². The number of pyridine rings is 1. The molecule has 10 nitrogen and oxygen atoms in total. The first kappa shape index (κ1) is 23.3. The maximum absolute atomic E-state index is 5.64. The molecular formula is C23H25N7O3S. The molecule has 0 bridgehead atoms. The Balaban J connectivity index is 1.68. The summed E-state index contributed by atoms with van der Waals surface area (Å²) in [6.07, 6.45) is 4.34. The van der Waals surface area contributed by atoms with Gasteiger partial charge in [0.2, 0.25) is 11.8 Å². The fourth-order valence-corrected chi connectivity index (χ4v) is 3.89. The molecule has 0 saturated heterocycles. The summed E-state index contributed by atoms with van der Waals surface area (Å²) in [5.74, 6) is 4.19. The lowest BCUT2D eigenvalue weighted by Gasteiger charge is -2.17. The Morgan fingerprint density at radius 1 is 0.912 bits per heavy atom. The van der Waals surface area contributed by atoms with Gasteiger partial charge in [0, 0.05) is 30.6 Å². The van der Waals surface area contributed by atoms with Crippen LogP contribution in [0.25, 0.3) is 17.2 Å². The number of ether oxygens (including phenoxy) is 3. The third kappa shape index (κ3) is 5.04. The molecule has 1 aromatic carbocycles. The number of para-hydroxylation sites is 1. The van der Waals surface area contributed by atoms with Gasteiger partial charge in [-0.05, 0) is 42.6 Å². The molecule has 0 aliphatic heterocycles. The number of rotatable bonds is 10. The van der Waals surface area contributed by atoms with Crippen molar-refractivity contribution in [1.82, 2.24) is 29.7 Å². The lowest BCUT2D eigenvalue weighted by molar-refractivity contribution is 0.391. The fraction of sp³-hybridized carbons (Fsp3) is 0.261. The summed E-state index contributed by atoms with van der Waals surface area (Å²) in [7, 11) is 4.78. The fourth-order valence-electron chi connectivity index (χ4n) is 3.24. The van der Waals surface area contributed by atoms with Crippen molar-refractivity contribution in [2.75, 3.05) is 31.8 Å². The molecule has 0 amide bonds.